The number of anilines is 15. The van der Waals surface area contributed by atoms with Gasteiger partial charge in [-0.15, -0.1) is 0 Å². The third-order valence-corrected chi connectivity index (χ3v) is 15.1. The van der Waals surface area contributed by atoms with Crippen LogP contribution < -0.4 is 57.3 Å². The van der Waals surface area contributed by atoms with Crippen LogP contribution in [-0.2, 0) is 42.8 Å². The van der Waals surface area contributed by atoms with Crippen LogP contribution in [-0.4, -0.2) is 172 Å². The number of amides is 3. The number of benzene rings is 6. The van der Waals surface area contributed by atoms with Gasteiger partial charge in [0, 0.05) is 119 Å². The van der Waals surface area contributed by atoms with E-state index in [1.807, 2.05) is 99.4 Å². The molecule has 0 aliphatic rings. The fraction of sp³-hybridized carbons (Fsp3) is 0.296. The molecule has 9 N–H and O–H groups in total. The van der Waals surface area contributed by atoms with Gasteiger partial charge in [0.1, 0.15) is 24.8 Å². The van der Waals surface area contributed by atoms with Crippen molar-refractivity contribution in [3.8, 4) is 11.5 Å². The summed E-state index contributed by atoms with van der Waals surface area (Å²) in [5, 5.41) is 29.8. The van der Waals surface area contributed by atoms with E-state index >= 15 is 0 Å². The van der Waals surface area contributed by atoms with E-state index < -0.39 is 17.5 Å². The van der Waals surface area contributed by atoms with Gasteiger partial charge < -0.3 is 90.6 Å². The smallest absolute Gasteiger partial charge is 0.248 e. The van der Waals surface area contributed by atoms with Crippen molar-refractivity contribution in [2.45, 2.75) is 40.5 Å². The van der Waals surface area contributed by atoms with Crippen molar-refractivity contribution in [2.24, 2.45) is 5.11 Å². The van der Waals surface area contributed by atoms with Crippen molar-refractivity contribution in [2.75, 3.05) is 167 Å². The third kappa shape index (κ3) is 34.8. The number of ether oxygens (including phenoxy) is 8. The van der Waals surface area contributed by atoms with E-state index in [4.69, 9.17) is 43.4 Å². The summed E-state index contributed by atoms with van der Waals surface area (Å²) < 4.78 is 86.7. The third-order valence-electron chi connectivity index (χ3n) is 15.1. The van der Waals surface area contributed by atoms with Crippen LogP contribution in [0, 0.1) is 31.3 Å². The fourth-order valence-electron chi connectivity index (χ4n) is 9.62. The monoisotopic (exact) mass is 1570 g/mol. The van der Waals surface area contributed by atoms with Crippen molar-refractivity contribution in [1.82, 2.24) is 34.8 Å². The number of aryl methyl sites for hydroxylation is 2. The molecule has 30 nitrogen and oxygen atoms in total. The standard InChI is InChI=1S/C28H34FN9O3.C27H33N5O4.C26H29F2N5O4/c1-21-6-3-7-22(18-21)34-27-25(29)20-31-28(36-27)35-24-9-4-8-23(19-24)33-26(39)10-5-12-38(2)13-15-41-17-16-40-14-11-32-37-30;1-4-12-34-13-14-35-15-16-36-24-11-7-10-23(18-24)31-27-28-19-20(3)26(32-27)30-22-9-6-8-21(17-22)29-25(33)5-2;1-3-10-35-11-12-36-13-14-37-23-9-8-20(16-21(23)27)32-26-29-17-22(28)25(33-26)31-19-7-5-6-18(15-19)30-24(34)4-2/h3-10,18-20H,11-17H2,1-2H3,(H,33,39)(H2,31,34,35,36);5-11,17-19H,2,4,12-16H2,1,3H3,(H,29,33)(H2,28,30,31,32);4-9,15-17H,2-3,10-14H2,1H3,(H,30,34)(H2,29,31,32,33)/b10-5+;;. The molecule has 0 bridgehead atoms. The minimum absolute atomic E-state index is 0.0479. The first-order valence-corrected chi connectivity index (χ1v) is 36.5. The van der Waals surface area contributed by atoms with Gasteiger partial charge in [-0.05, 0) is 148 Å². The van der Waals surface area contributed by atoms with E-state index in [0.29, 0.717) is 150 Å². The quantitative estimate of drug-likeness (QED) is 0.00562. The van der Waals surface area contributed by atoms with Gasteiger partial charge in [-0.3, -0.25) is 14.4 Å². The van der Waals surface area contributed by atoms with Gasteiger partial charge in [-0.25, -0.2) is 28.1 Å². The van der Waals surface area contributed by atoms with E-state index in [2.05, 4.69) is 108 Å². The minimum atomic E-state index is -0.694. The highest BCUT2D eigenvalue weighted by Gasteiger charge is 2.15. The Bertz CT molecular complexity index is 4580. The maximum Gasteiger partial charge on any atom is 0.248 e. The molecule has 0 atom stereocenters. The average molecular weight is 1570 g/mol. The average Bonchev–Trinajstić information content (AvgIpc) is 0.846. The Labute approximate surface area is 660 Å². The second-order valence-electron chi connectivity index (χ2n) is 24.4. The number of hydrogen-bond acceptors (Lipinski definition) is 25. The largest absolute Gasteiger partial charge is 0.491 e. The highest BCUT2D eigenvalue weighted by molar-refractivity contribution is 6.00. The highest BCUT2D eigenvalue weighted by atomic mass is 19.1. The van der Waals surface area contributed by atoms with Crippen LogP contribution in [0.1, 0.15) is 37.8 Å². The molecule has 0 unspecified atom stereocenters. The lowest BCUT2D eigenvalue weighted by molar-refractivity contribution is -0.112. The lowest BCUT2D eigenvalue weighted by Crippen LogP contribution is -2.24. The first-order valence-electron chi connectivity index (χ1n) is 36.5. The molecule has 0 saturated carbocycles. The normalized spacial score (nSPS) is 10.7. The van der Waals surface area contributed by atoms with Crippen molar-refractivity contribution in [3.63, 3.8) is 0 Å². The molecule has 0 aliphatic carbocycles. The van der Waals surface area contributed by atoms with E-state index in [0.717, 1.165) is 66.2 Å². The lowest BCUT2D eigenvalue weighted by Gasteiger charge is -2.14. The molecule has 0 radical (unpaired) electrons. The number of carbonyl (C=O) groups is 3. The fourth-order valence-corrected chi connectivity index (χ4v) is 9.62. The number of halogens is 3. The number of aromatic nitrogens is 6. The summed E-state index contributed by atoms with van der Waals surface area (Å²) in [5.41, 5.74) is 15.6. The SMILES string of the molecule is C=CC(=O)Nc1cccc(Nc2nc(Nc3ccc(OCCOCCOCCC)c(F)c3)ncc2F)c1.C=CC(=O)Nc1cccc(Nc2nc(Nc3cccc(OCCOCCOCCC)c3)ncc2C)c1.Cc1cccc(Nc2nc(Nc3cccc(NC(=O)/C=C/CN(C)CCOCCOCCN=[N+]=[N-])c3)ncc2F)c1. The van der Waals surface area contributed by atoms with E-state index in [1.165, 1.54) is 24.3 Å². The van der Waals surface area contributed by atoms with Crippen molar-refractivity contribution in [3.05, 3.63) is 235 Å². The Morgan fingerprint density at radius 1 is 0.465 bits per heavy atom. The second kappa shape index (κ2) is 51.1. The zero-order valence-corrected chi connectivity index (χ0v) is 64.3. The number of likely N-dealkylation sites (N-methyl/N-ethyl adjacent to an activating group) is 1. The van der Waals surface area contributed by atoms with Gasteiger partial charge in [0.25, 0.3) is 0 Å². The first-order chi connectivity index (χ1) is 55.5. The topological polar surface area (TPSA) is 363 Å². The lowest BCUT2D eigenvalue weighted by atomic mass is 10.2. The van der Waals surface area contributed by atoms with Gasteiger partial charge >= 0.3 is 0 Å². The van der Waals surface area contributed by atoms with Crippen LogP contribution in [0.2, 0.25) is 0 Å². The van der Waals surface area contributed by atoms with Crippen LogP contribution in [0.5, 0.6) is 11.5 Å². The van der Waals surface area contributed by atoms with Crippen LogP contribution in [0.3, 0.4) is 0 Å². The number of nitrogens with zero attached hydrogens (tertiary/aromatic N) is 10. The molecule has 6 aromatic carbocycles. The Kier molecular flexibility index (Phi) is 39.7. The van der Waals surface area contributed by atoms with Gasteiger partial charge in [-0.1, -0.05) is 74.6 Å². The molecule has 0 fully saturated rings. The first kappa shape index (κ1) is 88.6. The number of carbonyl (C=O) groups excluding carboxylic acids is 3. The predicted octanol–water partition coefficient (Wildman–Crippen LogP) is 15.6. The number of rotatable bonds is 47. The second-order valence-corrected chi connectivity index (χ2v) is 24.4. The molecule has 9 rings (SSSR count). The van der Waals surface area contributed by atoms with E-state index in [1.54, 1.807) is 72.9 Å². The van der Waals surface area contributed by atoms with Crippen molar-refractivity contribution < 1.29 is 65.4 Å². The number of azide groups is 1. The van der Waals surface area contributed by atoms with Gasteiger partial charge in [0.05, 0.1) is 78.5 Å². The molecule has 114 heavy (non-hydrogen) atoms. The van der Waals surface area contributed by atoms with Crippen LogP contribution in [0.25, 0.3) is 10.4 Å². The van der Waals surface area contributed by atoms with Crippen molar-refractivity contribution in [1.29, 1.82) is 0 Å². The number of hydrogen-bond donors (Lipinski definition) is 9. The van der Waals surface area contributed by atoms with Crippen LogP contribution in [0.4, 0.5) is 99.7 Å². The zero-order valence-electron chi connectivity index (χ0n) is 64.3. The Hall–Kier alpha value is -12.6. The zero-order chi connectivity index (χ0) is 81.3. The summed E-state index contributed by atoms with van der Waals surface area (Å²) in [5.74, 6) is -0.709. The maximum atomic E-state index is 14.5. The van der Waals surface area contributed by atoms with Crippen LogP contribution >= 0.6 is 0 Å². The summed E-state index contributed by atoms with van der Waals surface area (Å²) in [6, 6.07) is 40.4. The summed E-state index contributed by atoms with van der Waals surface area (Å²) in [6.45, 7) is 23.2. The number of nitrogens with one attached hydrogen (secondary N) is 9. The summed E-state index contributed by atoms with van der Waals surface area (Å²) >= 11 is 0. The summed E-state index contributed by atoms with van der Waals surface area (Å²) in [7, 11) is 1.93. The molecule has 0 saturated heterocycles. The van der Waals surface area contributed by atoms with Crippen LogP contribution in [0.15, 0.2) is 201 Å². The Balaban J connectivity index is 0.000000237. The molecule has 602 valence electrons. The molecule has 3 amide bonds. The van der Waals surface area contributed by atoms with E-state index in [9.17, 15) is 27.6 Å². The van der Waals surface area contributed by atoms with Gasteiger partial charge in [0.2, 0.25) is 35.6 Å². The minimum Gasteiger partial charge on any atom is -0.491 e. The maximum absolute atomic E-state index is 14.5. The molecular formula is C81H96F3N19O11. The molecule has 0 spiro atoms. The molecule has 9 aromatic rings. The summed E-state index contributed by atoms with van der Waals surface area (Å²) in [6.07, 6.45) is 11.4. The molecule has 0 aliphatic heterocycles. The van der Waals surface area contributed by atoms with Gasteiger partial charge in [0.15, 0.2) is 34.8 Å². The van der Waals surface area contributed by atoms with Gasteiger partial charge in [-0.2, -0.15) is 15.0 Å². The predicted molar refractivity (Wildman–Crippen MR) is 437 cm³/mol. The van der Waals surface area contributed by atoms with E-state index in [-0.39, 0.29) is 53.6 Å². The molecule has 33 heteroatoms. The highest BCUT2D eigenvalue weighted by Crippen LogP contribution is 2.29. The molecule has 3 heterocycles. The molecular weight excluding hydrogens is 1470 g/mol. The Morgan fingerprint density at radius 2 is 0.886 bits per heavy atom. The van der Waals surface area contributed by atoms with Crippen molar-refractivity contribution >= 4 is 104 Å². The molecule has 3 aromatic heterocycles. The Morgan fingerprint density at radius 3 is 1.40 bits per heavy atom. The summed E-state index contributed by atoms with van der Waals surface area (Å²) in [4.78, 5) is 65.4.